The highest BCUT2D eigenvalue weighted by Crippen LogP contribution is 2.34. The maximum atomic E-state index is 12.4. The zero-order valence-corrected chi connectivity index (χ0v) is 14.5. The molecule has 3 aromatic rings. The number of carbonyl (C=O) groups is 1. The SMILES string of the molecule is COc1ccc(-c2cc(=O)c3c(O)cc(OCC(=O)O)cc3o2)cc1OC. The maximum absolute atomic E-state index is 12.4. The van der Waals surface area contributed by atoms with Gasteiger partial charge in [-0.25, -0.2) is 4.79 Å². The highest BCUT2D eigenvalue weighted by Gasteiger charge is 2.15. The van der Waals surface area contributed by atoms with Crippen molar-refractivity contribution in [2.45, 2.75) is 0 Å². The van der Waals surface area contributed by atoms with Crippen molar-refractivity contribution >= 4 is 16.9 Å². The molecule has 140 valence electrons. The van der Waals surface area contributed by atoms with Crippen LogP contribution in [0.3, 0.4) is 0 Å². The van der Waals surface area contributed by atoms with Gasteiger partial charge in [0.25, 0.3) is 0 Å². The van der Waals surface area contributed by atoms with Gasteiger partial charge in [0.15, 0.2) is 23.5 Å². The van der Waals surface area contributed by atoms with E-state index in [-0.39, 0.29) is 28.2 Å². The highest BCUT2D eigenvalue weighted by molar-refractivity contribution is 5.86. The molecule has 1 heterocycles. The molecule has 0 saturated heterocycles. The maximum Gasteiger partial charge on any atom is 0.341 e. The number of hydrogen-bond acceptors (Lipinski definition) is 7. The summed E-state index contributed by atoms with van der Waals surface area (Å²) in [5.41, 5.74) is 0.166. The number of phenols is 1. The van der Waals surface area contributed by atoms with Gasteiger partial charge >= 0.3 is 5.97 Å². The molecule has 8 heteroatoms. The molecule has 2 N–H and O–H groups in total. The number of ether oxygens (including phenoxy) is 3. The third-order valence-corrected chi connectivity index (χ3v) is 3.81. The minimum absolute atomic E-state index is 0.0260. The third-order valence-electron chi connectivity index (χ3n) is 3.81. The van der Waals surface area contributed by atoms with Crippen molar-refractivity contribution in [1.82, 2.24) is 0 Å². The standard InChI is InChI=1S/C19H16O8/c1-24-14-4-3-10(5-16(14)25-2)15-8-13(21)19-12(20)6-11(7-17(19)27-15)26-9-18(22)23/h3-8,20H,9H2,1-2H3,(H,22,23). The van der Waals surface area contributed by atoms with Crippen LogP contribution in [0.25, 0.3) is 22.3 Å². The molecule has 0 aliphatic heterocycles. The van der Waals surface area contributed by atoms with Crippen LogP contribution in [0.1, 0.15) is 0 Å². The Morgan fingerprint density at radius 3 is 2.48 bits per heavy atom. The van der Waals surface area contributed by atoms with Gasteiger partial charge < -0.3 is 28.8 Å². The summed E-state index contributed by atoms with van der Waals surface area (Å²) in [5, 5.41) is 18.8. The van der Waals surface area contributed by atoms with Crippen LogP contribution in [0.2, 0.25) is 0 Å². The molecule has 2 aromatic carbocycles. The topological polar surface area (TPSA) is 115 Å². The van der Waals surface area contributed by atoms with Crippen molar-refractivity contribution in [3.63, 3.8) is 0 Å². The molecule has 0 radical (unpaired) electrons. The van der Waals surface area contributed by atoms with E-state index in [0.717, 1.165) is 6.07 Å². The van der Waals surface area contributed by atoms with Gasteiger partial charge in [-0.3, -0.25) is 4.79 Å². The van der Waals surface area contributed by atoms with Crippen molar-refractivity contribution in [1.29, 1.82) is 0 Å². The second-order valence-corrected chi connectivity index (χ2v) is 5.54. The molecule has 0 aliphatic rings. The summed E-state index contributed by atoms with van der Waals surface area (Å²) in [6.07, 6.45) is 0. The quantitative estimate of drug-likeness (QED) is 0.678. The van der Waals surface area contributed by atoms with Gasteiger partial charge in [0.1, 0.15) is 28.2 Å². The predicted molar refractivity (Wildman–Crippen MR) is 95.8 cm³/mol. The van der Waals surface area contributed by atoms with Crippen LogP contribution >= 0.6 is 0 Å². The average molecular weight is 372 g/mol. The number of phenolic OH excluding ortho intramolecular Hbond substituents is 1. The molecule has 0 aliphatic carbocycles. The summed E-state index contributed by atoms with van der Waals surface area (Å²) in [5.74, 6) is -0.251. The van der Waals surface area contributed by atoms with E-state index in [1.807, 2.05) is 0 Å². The Morgan fingerprint density at radius 1 is 1.07 bits per heavy atom. The molecule has 27 heavy (non-hydrogen) atoms. The van der Waals surface area contributed by atoms with Gasteiger partial charge in [-0.05, 0) is 18.2 Å². The van der Waals surface area contributed by atoms with Crippen molar-refractivity contribution in [3.8, 4) is 34.3 Å². The number of aromatic hydroxyl groups is 1. The zero-order chi connectivity index (χ0) is 19.6. The minimum atomic E-state index is -1.17. The number of benzene rings is 2. The largest absolute Gasteiger partial charge is 0.507 e. The lowest BCUT2D eigenvalue weighted by Gasteiger charge is -2.10. The van der Waals surface area contributed by atoms with Crippen LogP contribution in [-0.4, -0.2) is 37.0 Å². The molecule has 0 spiro atoms. The average Bonchev–Trinajstić information content (AvgIpc) is 2.65. The Labute approximate surface area is 153 Å². The van der Waals surface area contributed by atoms with E-state index < -0.39 is 18.0 Å². The molecule has 8 nitrogen and oxygen atoms in total. The first-order chi connectivity index (χ1) is 12.9. The van der Waals surface area contributed by atoms with E-state index in [1.54, 1.807) is 18.2 Å². The molecule has 0 saturated carbocycles. The van der Waals surface area contributed by atoms with E-state index in [2.05, 4.69) is 0 Å². The number of rotatable bonds is 6. The molecule has 3 rings (SSSR count). The lowest BCUT2D eigenvalue weighted by molar-refractivity contribution is -0.139. The van der Waals surface area contributed by atoms with Crippen LogP contribution in [0.5, 0.6) is 23.0 Å². The second-order valence-electron chi connectivity index (χ2n) is 5.54. The third kappa shape index (κ3) is 3.64. The number of carboxylic acid groups (broad SMARTS) is 1. The first kappa shape index (κ1) is 18.1. The van der Waals surface area contributed by atoms with Gasteiger partial charge in [0, 0.05) is 23.8 Å². The fourth-order valence-corrected chi connectivity index (χ4v) is 2.60. The molecule has 0 amide bonds. The molecule has 0 atom stereocenters. The van der Waals surface area contributed by atoms with E-state index in [9.17, 15) is 14.7 Å². The minimum Gasteiger partial charge on any atom is -0.507 e. The molecule has 1 aromatic heterocycles. The van der Waals surface area contributed by atoms with Gasteiger partial charge in [0.2, 0.25) is 0 Å². The van der Waals surface area contributed by atoms with Crippen LogP contribution in [0, 0.1) is 0 Å². The molecule has 0 unspecified atom stereocenters. The molecule has 0 fully saturated rings. The Balaban J connectivity index is 2.12. The number of hydrogen-bond donors (Lipinski definition) is 2. The number of carboxylic acids is 1. The highest BCUT2D eigenvalue weighted by atomic mass is 16.5. The Hall–Kier alpha value is -3.68. The molecular weight excluding hydrogens is 356 g/mol. The normalized spacial score (nSPS) is 10.6. The summed E-state index contributed by atoms with van der Waals surface area (Å²) in [6, 6.07) is 8.77. The van der Waals surface area contributed by atoms with Crippen molar-refractivity contribution in [2.75, 3.05) is 20.8 Å². The fourth-order valence-electron chi connectivity index (χ4n) is 2.60. The Morgan fingerprint density at radius 2 is 1.81 bits per heavy atom. The van der Waals surface area contributed by atoms with Gasteiger partial charge in [-0.1, -0.05) is 0 Å². The lowest BCUT2D eigenvalue weighted by atomic mass is 10.1. The van der Waals surface area contributed by atoms with Crippen molar-refractivity contribution < 1.29 is 33.6 Å². The molecular formula is C19H16O8. The summed E-state index contributed by atoms with van der Waals surface area (Å²) in [4.78, 5) is 23.1. The predicted octanol–water partition coefficient (Wildman–Crippen LogP) is 2.65. The number of fused-ring (bicyclic) bond motifs is 1. The summed E-state index contributed by atoms with van der Waals surface area (Å²) >= 11 is 0. The zero-order valence-electron chi connectivity index (χ0n) is 14.5. The van der Waals surface area contributed by atoms with Gasteiger partial charge in [-0.15, -0.1) is 0 Å². The van der Waals surface area contributed by atoms with Gasteiger partial charge in [0.05, 0.1) is 14.2 Å². The van der Waals surface area contributed by atoms with Crippen LogP contribution in [-0.2, 0) is 4.79 Å². The molecule has 0 bridgehead atoms. The Bertz CT molecular complexity index is 1070. The van der Waals surface area contributed by atoms with Crippen LogP contribution in [0.4, 0.5) is 0 Å². The number of aliphatic carboxylic acids is 1. The summed E-state index contributed by atoms with van der Waals surface area (Å²) in [7, 11) is 3.00. The fraction of sp³-hybridized carbons (Fsp3) is 0.158. The number of methoxy groups -OCH3 is 2. The van der Waals surface area contributed by atoms with Crippen LogP contribution in [0.15, 0.2) is 45.6 Å². The van der Waals surface area contributed by atoms with E-state index in [1.165, 1.54) is 26.4 Å². The smallest absolute Gasteiger partial charge is 0.341 e. The first-order valence-electron chi connectivity index (χ1n) is 7.80. The summed E-state index contributed by atoms with van der Waals surface area (Å²) < 4.78 is 21.2. The summed E-state index contributed by atoms with van der Waals surface area (Å²) in [6.45, 7) is -0.593. The monoisotopic (exact) mass is 372 g/mol. The Kier molecular flexibility index (Phi) is 4.89. The second kappa shape index (κ2) is 7.28. The van der Waals surface area contributed by atoms with Gasteiger partial charge in [-0.2, -0.15) is 0 Å². The van der Waals surface area contributed by atoms with E-state index >= 15 is 0 Å². The van der Waals surface area contributed by atoms with E-state index in [4.69, 9.17) is 23.7 Å². The van der Waals surface area contributed by atoms with Crippen LogP contribution < -0.4 is 19.6 Å². The van der Waals surface area contributed by atoms with E-state index in [0.29, 0.717) is 17.1 Å². The lowest BCUT2D eigenvalue weighted by Crippen LogP contribution is -2.09. The van der Waals surface area contributed by atoms with Crippen molar-refractivity contribution in [2.24, 2.45) is 0 Å². The van der Waals surface area contributed by atoms with Crippen molar-refractivity contribution in [3.05, 3.63) is 46.6 Å². The first-order valence-corrected chi connectivity index (χ1v) is 7.80.